The van der Waals surface area contributed by atoms with Crippen LogP contribution in [-0.4, -0.2) is 31.1 Å². The summed E-state index contributed by atoms with van der Waals surface area (Å²) >= 11 is 19.5. The Morgan fingerprint density at radius 3 is 1.88 bits per heavy atom. The van der Waals surface area contributed by atoms with Crippen LogP contribution in [0.4, 0.5) is 11.4 Å². The molecular formula is C24H19Cl3N4OS. The number of halogens is 3. The van der Waals surface area contributed by atoms with Crippen molar-refractivity contribution < 1.29 is 4.79 Å². The Balaban J connectivity index is 1.78. The highest BCUT2D eigenvalue weighted by Crippen LogP contribution is 2.52. The monoisotopic (exact) mass is 516 g/mol. The number of alkyl halides is 3. The predicted octanol–water partition coefficient (Wildman–Crippen LogP) is 6.20. The number of anilines is 2. The minimum absolute atomic E-state index is 0.212. The molecule has 0 spiro atoms. The van der Waals surface area contributed by atoms with E-state index in [1.54, 1.807) is 4.31 Å². The highest BCUT2D eigenvalue weighted by atomic mass is 35.6. The fourth-order valence-electron chi connectivity index (χ4n) is 3.93. The van der Waals surface area contributed by atoms with Crippen molar-refractivity contribution in [2.24, 2.45) is 4.99 Å². The molecule has 0 saturated heterocycles. The van der Waals surface area contributed by atoms with Gasteiger partial charge in [-0.1, -0.05) is 102 Å². The van der Waals surface area contributed by atoms with Gasteiger partial charge in [-0.2, -0.15) is 0 Å². The molecule has 0 bridgehead atoms. The Morgan fingerprint density at radius 1 is 0.848 bits per heavy atom. The molecule has 3 aromatic rings. The van der Waals surface area contributed by atoms with Crippen molar-refractivity contribution in [1.82, 2.24) is 4.31 Å². The van der Waals surface area contributed by atoms with Crippen LogP contribution < -0.4 is 9.21 Å². The average Bonchev–Trinajstić information content (AvgIpc) is 3.35. The second-order valence-electron chi connectivity index (χ2n) is 7.44. The molecule has 168 valence electrons. The molecule has 2 heterocycles. The Morgan fingerprint density at radius 2 is 1.36 bits per heavy atom. The van der Waals surface area contributed by atoms with E-state index < -0.39 is 20.8 Å². The Bertz CT molecular complexity index is 1250. The van der Waals surface area contributed by atoms with Gasteiger partial charge in [0.25, 0.3) is 0 Å². The Hall–Kier alpha value is -2.51. The van der Waals surface area contributed by atoms with Gasteiger partial charge in [0.2, 0.25) is 14.8 Å². The second-order valence-corrected chi connectivity index (χ2v) is 11.5. The fraction of sp³-hybridized carbons (Fsp3) is 0.125. The summed E-state index contributed by atoms with van der Waals surface area (Å²) in [5, 5.41) is 0.649. The lowest BCUT2D eigenvalue weighted by Crippen LogP contribution is -2.53. The molecule has 33 heavy (non-hydrogen) atoms. The van der Waals surface area contributed by atoms with Crippen LogP contribution in [-0.2, 0) is 4.79 Å². The van der Waals surface area contributed by atoms with Crippen molar-refractivity contribution in [2.45, 2.75) is 16.9 Å². The lowest BCUT2D eigenvalue weighted by molar-refractivity contribution is -0.125. The molecule has 1 amide bonds. The van der Waals surface area contributed by atoms with Gasteiger partial charge in [-0.15, -0.1) is 0 Å². The molecule has 3 aromatic carbocycles. The zero-order valence-corrected chi connectivity index (χ0v) is 20.6. The van der Waals surface area contributed by atoms with E-state index in [9.17, 15) is 4.79 Å². The molecule has 0 aromatic heterocycles. The quantitative estimate of drug-likeness (QED) is 0.306. The summed E-state index contributed by atoms with van der Waals surface area (Å²) in [4.78, 5) is 20.0. The highest BCUT2D eigenvalue weighted by Gasteiger charge is 2.55. The summed E-state index contributed by atoms with van der Waals surface area (Å²) < 4.78 is 1.90. The van der Waals surface area contributed by atoms with Gasteiger partial charge in [0.15, 0.2) is 12.0 Å². The summed E-state index contributed by atoms with van der Waals surface area (Å²) in [7, 11) is -0.960. The third-order valence-electron chi connectivity index (χ3n) is 5.25. The number of nitrogens with zero attached hydrogens (tertiary/aromatic N) is 4. The van der Waals surface area contributed by atoms with Gasteiger partial charge in [0, 0.05) is 18.2 Å². The van der Waals surface area contributed by atoms with Crippen molar-refractivity contribution in [2.75, 3.05) is 9.21 Å². The molecular weight excluding hydrogens is 499 g/mol. The maximum atomic E-state index is 13.1. The minimum atomic E-state index is -1.78. The largest absolute Gasteiger partial charge is 0.292 e. The number of carbonyl (C=O) groups excluding carboxylic acids is 1. The number of rotatable bonds is 3. The lowest BCUT2D eigenvalue weighted by Gasteiger charge is -2.38. The van der Waals surface area contributed by atoms with Crippen molar-refractivity contribution in [3.63, 3.8) is 0 Å². The minimum Gasteiger partial charge on any atom is -0.292 e. The summed E-state index contributed by atoms with van der Waals surface area (Å²) in [6.45, 7) is 1.49. The molecule has 2 atom stereocenters. The van der Waals surface area contributed by atoms with E-state index in [2.05, 4.69) is 4.31 Å². The number of amidine groups is 1. The molecule has 0 saturated carbocycles. The van der Waals surface area contributed by atoms with Crippen LogP contribution in [0.2, 0.25) is 0 Å². The summed E-state index contributed by atoms with van der Waals surface area (Å²) in [5.41, 5.74) is 2.61. The topological polar surface area (TPSA) is 39.2 Å². The normalized spacial score (nSPS) is 20.2. The van der Waals surface area contributed by atoms with Gasteiger partial charge < -0.3 is 0 Å². The molecule has 5 rings (SSSR count). The first-order valence-electron chi connectivity index (χ1n) is 10.2. The van der Waals surface area contributed by atoms with Crippen molar-refractivity contribution in [3.05, 3.63) is 96.6 Å². The van der Waals surface area contributed by atoms with Gasteiger partial charge in [0.1, 0.15) is 0 Å². The summed E-state index contributed by atoms with van der Waals surface area (Å²) in [6, 6.07) is 29.3. The Labute approximate surface area is 210 Å². The van der Waals surface area contributed by atoms with Crippen LogP contribution >= 0.6 is 45.7 Å². The maximum absolute atomic E-state index is 13.1. The van der Waals surface area contributed by atoms with E-state index in [0.717, 1.165) is 22.8 Å². The lowest BCUT2D eigenvalue weighted by atomic mass is 10.2. The number of carbonyl (C=O) groups is 1. The Kier molecular flexibility index (Phi) is 5.87. The zero-order chi connectivity index (χ0) is 23.2. The molecule has 2 unspecified atom stereocenters. The summed E-state index contributed by atoms with van der Waals surface area (Å²) in [5.74, 6) is 0.520. The third-order valence-corrected chi connectivity index (χ3v) is 8.01. The van der Waals surface area contributed by atoms with E-state index >= 15 is 0 Å². The molecule has 0 N–H and O–H groups in total. The number of benzene rings is 3. The zero-order valence-electron chi connectivity index (χ0n) is 17.5. The van der Waals surface area contributed by atoms with E-state index in [-0.39, 0.29) is 5.91 Å². The van der Waals surface area contributed by atoms with E-state index in [0.29, 0.717) is 5.11 Å². The van der Waals surface area contributed by atoms with Crippen LogP contribution in [0.3, 0.4) is 0 Å². The molecule has 0 fully saturated rings. The van der Waals surface area contributed by atoms with Crippen molar-refractivity contribution >= 4 is 73.9 Å². The molecule has 0 radical (unpaired) electrons. The molecule has 2 aliphatic heterocycles. The van der Waals surface area contributed by atoms with Crippen LogP contribution in [0.15, 0.2) is 96.0 Å². The van der Waals surface area contributed by atoms with Gasteiger partial charge >= 0.3 is 0 Å². The van der Waals surface area contributed by atoms with E-state index in [4.69, 9.17) is 39.8 Å². The fourth-order valence-corrected chi connectivity index (χ4v) is 7.07. The highest BCUT2D eigenvalue weighted by molar-refractivity contribution is 8.17. The standard InChI is InChI=1S/C24H19Cl3N4OS/c1-17(32)30-22(24(25,26)27)29(19-13-7-3-8-14-19)23-28-21(18-11-5-2-6-12-18)31(33(23)30)20-15-9-4-10-16-20/h2-16,22H,1H3. The number of amides is 1. The molecule has 9 heteroatoms. The molecule has 2 aliphatic rings. The third kappa shape index (κ3) is 3.91. The maximum Gasteiger partial charge on any atom is 0.232 e. The number of para-hydroxylation sites is 2. The average molecular weight is 518 g/mol. The number of hydrogen-bond acceptors (Lipinski definition) is 4. The van der Waals surface area contributed by atoms with Gasteiger partial charge in [-0.05, 0) is 24.3 Å². The van der Waals surface area contributed by atoms with Crippen molar-refractivity contribution in [3.8, 4) is 0 Å². The molecule has 5 nitrogen and oxygen atoms in total. The van der Waals surface area contributed by atoms with Gasteiger partial charge in [-0.25, -0.2) is 9.30 Å². The number of hydrogen-bond donors (Lipinski definition) is 0. The van der Waals surface area contributed by atoms with Crippen LogP contribution in [0.1, 0.15) is 12.5 Å². The van der Waals surface area contributed by atoms with Gasteiger partial charge in [0.05, 0.1) is 16.5 Å². The first-order chi connectivity index (χ1) is 15.9. The van der Waals surface area contributed by atoms with E-state index in [1.165, 1.54) is 6.92 Å². The van der Waals surface area contributed by atoms with Crippen LogP contribution in [0.25, 0.3) is 0 Å². The van der Waals surface area contributed by atoms with Crippen molar-refractivity contribution in [1.29, 1.82) is 0 Å². The number of aliphatic imine (C=N–C) groups is 1. The predicted molar refractivity (Wildman–Crippen MR) is 140 cm³/mol. The van der Waals surface area contributed by atoms with E-state index in [1.807, 2.05) is 95.9 Å². The first-order valence-corrected chi connectivity index (χ1v) is 12.5. The van der Waals surface area contributed by atoms with Crippen LogP contribution in [0.5, 0.6) is 0 Å². The molecule has 0 aliphatic carbocycles. The SMILES string of the molecule is CC(=O)N1C(C(Cl)(Cl)Cl)N(c2ccccc2)C2=S1N(c1ccccc1)C(c1ccccc1)=N2. The summed E-state index contributed by atoms with van der Waals surface area (Å²) in [6.07, 6.45) is -0.868. The first kappa shape index (κ1) is 22.3. The smallest absolute Gasteiger partial charge is 0.232 e. The second kappa shape index (κ2) is 8.69. The van der Waals surface area contributed by atoms with Gasteiger partial charge in [-0.3, -0.25) is 14.0 Å². The van der Waals surface area contributed by atoms with Crippen LogP contribution in [0, 0.1) is 0 Å².